The van der Waals surface area contributed by atoms with Crippen LogP contribution in [-0.4, -0.2) is 22.7 Å². The molecule has 0 bridgehead atoms. The average molecular weight is 289 g/mol. The lowest BCUT2D eigenvalue weighted by atomic mass is 10.2. The maximum atomic E-state index is 13.2. The largest absolute Gasteiger partial charge is 0.310 e. The molecule has 1 aromatic heterocycles. The summed E-state index contributed by atoms with van der Waals surface area (Å²) in [5.74, 6) is -0.818. The molecule has 0 saturated carbocycles. The SMILES string of the molecule is CCCn1nc(C(=O)N(C)c2cccc(F)c2)ccc1=O. The Balaban J connectivity index is 2.31. The van der Waals surface area contributed by atoms with Crippen molar-refractivity contribution in [2.75, 3.05) is 11.9 Å². The molecule has 0 aliphatic carbocycles. The molecule has 1 heterocycles. The van der Waals surface area contributed by atoms with Gasteiger partial charge in [0.2, 0.25) is 0 Å². The van der Waals surface area contributed by atoms with Crippen molar-refractivity contribution >= 4 is 11.6 Å². The molecule has 0 fully saturated rings. The van der Waals surface area contributed by atoms with Crippen molar-refractivity contribution in [1.29, 1.82) is 0 Å². The van der Waals surface area contributed by atoms with Crippen molar-refractivity contribution in [2.45, 2.75) is 19.9 Å². The molecule has 5 nitrogen and oxygen atoms in total. The number of aryl methyl sites for hydroxylation is 1. The normalized spacial score (nSPS) is 10.4. The summed E-state index contributed by atoms with van der Waals surface area (Å²) in [6.45, 7) is 2.37. The molecule has 0 N–H and O–H groups in total. The minimum absolute atomic E-state index is 0.148. The summed E-state index contributed by atoms with van der Waals surface area (Å²) in [5, 5.41) is 4.05. The van der Waals surface area contributed by atoms with Gasteiger partial charge < -0.3 is 4.90 Å². The Morgan fingerprint density at radius 2 is 2.10 bits per heavy atom. The van der Waals surface area contributed by atoms with Gasteiger partial charge in [0.05, 0.1) is 0 Å². The standard InChI is InChI=1S/C15H16FN3O2/c1-3-9-19-14(20)8-7-13(17-19)15(21)18(2)12-6-4-5-11(16)10-12/h4-8,10H,3,9H2,1-2H3. The third kappa shape index (κ3) is 3.34. The van der Waals surface area contributed by atoms with E-state index in [4.69, 9.17) is 0 Å². The summed E-state index contributed by atoms with van der Waals surface area (Å²) in [5.41, 5.74) is 0.326. The van der Waals surface area contributed by atoms with Gasteiger partial charge in [-0.15, -0.1) is 0 Å². The summed E-state index contributed by atoms with van der Waals surface area (Å²) in [6, 6.07) is 8.42. The zero-order chi connectivity index (χ0) is 15.4. The molecule has 6 heteroatoms. The molecule has 0 unspecified atom stereocenters. The Hall–Kier alpha value is -2.50. The van der Waals surface area contributed by atoms with Crippen LogP contribution in [0.5, 0.6) is 0 Å². The van der Waals surface area contributed by atoms with Crippen LogP contribution in [0, 0.1) is 5.82 Å². The number of aromatic nitrogens is 2. The quantitative estimate of drug-likeness (QED) is 0.865. The van der Waals surface area contributed by atoms with E-state index in [9.17, 15) is 14.0 Å². The van der Waals surface area contributed by atoms with Crippen LogP contribution in [0.15, 0.2) is 41.2 Å². The fourth-order valence-electron chi connectivity index (χ4n) is 1.91. The molecular formula is C15H16FN3O2. The Morgan fingerprint density at radius 3 is 2.76 bits per heavy atom. The van der Waals surface area contributed by atoms with Gasteiger partial charge in [-0.05, 0) is 30.7 Å². The van der Waals surface area contributed by atoms with Gasteiger partial charge in [-0.3, -0.25) is 9.59 Å². The van der Waals surface area contributed by atoms with E-state index in [0.29, 0.717) is 12.2 Å². The Bertz CT molecular complexity index is 712. The minimum atomic E-state index is -0.420. The smallest absolute Gasteiger partial charge is 0.278 e. The van der Waals surface area contributed by atoms with E-state index in [1.54, 1.807) is 6.07 Å². The number of carbonyl (C=O) groups is 1. The predicted molar refractivity (Wildman–Crippen MR) is 77.9 cm³/mol. The van der Waals surface area contributed by atoms with Gasteiger partial charge in [-0.25, -0.2) is 9.07 Å². The molecule has 0 spiro atoms. The van der Waals surface area contributed by atoms with Crippen LogP contribution in [0.25, 0.3) is 0 Å². The van der Waals surface area contributed by atoms with E-state index in [0.717, 1.165) is 6.42 Å². The summed E-state index contributed by atoms with van der Waals surface area (Å²) < 4.78 is 14.5. The number of hydrogen-bond acceptors (Lipinski definition) is 3. The lowest BCUT2D eigenvalue weighted by molar-refractivity contribution is 0.0985. The Morgan fingerprint density at radius 1 is 1.33 bits per heavy atom. The summed E-state index contributed by atoms with van der Waals surface area (Å²) in [6.07, 6.45) is 0.740. The van der Waals surface area contributed by atoms with Gasteiger partial charge in [-0.2, -0.15) is 5.10 Å². The van der Waals surface area contributed by atoms with E-state index < -0.39 is 11.7 Å². The second kappa shape index (κ2) is 6.30. The molecule has 0 saturated heterocycles. The highest BCUT2D eigenvalue weighted by atomic mass is 19.1. The molecule has 1 amide bonds. The number of anilines is 1. The molecule has 0 aliphatic rings. The first-order valence-corrected chi connectivity index (χ1v) is 6.64. The van der Waals surface area contributed by atoms with E-state index in [-0.39, 0.29) is 11.3 Å². The first-order chi connectivity index (χ1) is 10.0. The monoisotopic (exact) mass is 289 g/mol. The second-order valence-corrected chi connectivity index (χ2v) is 4.62. The van der Waals surface area contributed by atoms with Gasteiger partial charge in [0.1, 0.15) is 11.5 Å². The Kier molecular flexibility index (Phi) is 4.47. The van der Waals surface area contributed by atoms with Gasteiger partial charge in [0, 0.05) is 25.3 Å². The number of benzene rings is 1. The minimum Gasteiger partial charge on any atom is -0.310 e. The van der Waals surface area contributed by atoms with Crippen molar-refractivity contribution in [1.82, 2.24) is 9.78 Å². The zero-order valence-electron chi connectivity index (χ0n) is 11.9. The predicted octanol–water partition coefficient (Wildman–Crippen LogP) is 2.07. The van der Waals surface area contributed by atoms with Crippen molar-refractivity contribution < 1.29 is 9.18 Å². The number of hydrogen-bond donors (Lipinski definition) is 0. The topological polar surface area (TPSA) is 55.2 Å². The van der Waals surface area contributed by atoms with Crippen LogP contribution < -0.4 is 10.5 Å². The van der Waals surface area contributed by atoms with Crippen molar-refractivity contribution in [3.63, 3.8) is 0 Å². The maximum absolute atomic E-state index is 13.2. The maximum Gasteiger partial charge on any atom is 0.278 e. The highest BCUT2D eigenvalue weighted by Crippen LogP contribution is 2.15. The fourth-order valence-corrected chi connectivity index (χ4v) is 1.91. The molecule has 0 atom stereocenters. The third-order valence-electron chi connectivity index (χ3n) is 3.02. The highest BCUT2D eigenvalue weighted by Gasteiger charge is 2.16. The molecule has 21 heavy (non-hydrogen) atoms. The lowest BCUT2D eigenvalue weighted by Crippen LogP contribution is -2.31. The summed E-state index contributed by atoms with van der Waals surface area (Å²) in [7, 11) is 1.54. The third-order valence-corrected chi connectivity index (χ3v) is 3.02. The molecule has 2 aromatic rings. The molecule has 1 aromatic carbocycles. The van der Waals surface area contributed by atoms with Gasteiger partial charge in [0.15, 0.2) is 0 Å². The first kappa shape index (κ1) is 14.9. The van der Waals surface area contributed by atoms with Gasteiger partial charge in [0.25, 0.3) is 11.5 Å². The van der Waals surface area contributed by atoms with Crippen LogP contribution in [0.3, 0.4) is 0 Å². The number of amides is 1. The van der Waals surface area contributed by atoms with E-state index in [1.807, 2.05) is 6.92 Å². The molecule has 0 aliphatic heterocycles. The fraction of sp³-hybridized carbons (Fsp3) is 0.267. The van der Waals surface area contributed by atoms with Crippen LogP contribution in [0.4, 0.5) is 10.1 Å². The molecule has 110 valence electrons. The van der Waals surface area contributed by atoms with Gasteiger partial charge >= 0.3 is 0 Å². The first-order valence-electron chi connectivity index (χ1n) is 6.64. The number of rotatable bonds is 4. The summed E-state index contributed by atoms with van der Waals surface area (Å²) in [4.78, 5) is 25.2. The molecular weight excluding hydrogens is 273 g/mol. The van der Waals surface area contributed by atoms with Crippen LogP contribution in [0.2, 0.25) is 0 Å². The van der Waals surface area contributed by atoms with Crippen LogP contribution in [-0.2, 0) is 6.54 Å². The van der Waals surface area contributed by atoms with E-state index in [1.165, 1.54) is 47.0 Å². The van der Waals surface area contributed by atoms with Crippen molar-refractivity contribution in [2.24, 2.45) is 0 Å². The Labute approximate surface area is 121 Å². The van der Waals surface area contributed by atoms with Crippen LogP contribution in [0.1, 0.15) is 23.8 Å². The van der Waals surface area contributed by atoms with E-state index in [2.05, 4.69) is 5.10 Å². The van der Waals surface area contributed by atoms with Crippen molar-refractivity contribution in [3.05, 3.63) is 58.3 Å². The average Bonchev–Trinajstić information content (AvgIpc) is 2.48. The van der Waals surface area contributed by atoms with Gasteiger partial charge in [-0.1, -0.05) is 13.0 Å². The van der Waals surface area contributed by atoms with E-state index >= 15 is 0 Å². The lowest BCUT2D eigenvalue weighted by Gasteiger charge is -2.17. The second-order valence-electron chi connectivity index (χ2n) is 4.62. The number of halogens is 1. The molecule has 2 rings (SSSR count). The zero-order valence-corrected chi connectivity index (χ0v) is 11.9. The number of carbonyl (C=O) groups excluding carboxylic acids is 1. The van der Waals surface area contributed by atoms with Crippen molar-refractivity contribution in [3.8, 4) is 0 Å². The number of nitrogens with zero attached hydrogens (tertiary/aromatic N) is 3. The van der Waals surface area contributed by atoms with Crippen LogP contribution >= 0.6 is 0 Å². The summed E-state index contributed by atoms with van der Waals surface area (Å²) >= 11 is 0. The highest BCUT2D eigenvalue weighted by molar-refractivity contribution is 6.04. The molecule has 0 radical (unpaired) electrons.